The number of nitrogens with zero attached hydrogens (tertiary/aromatic N) is 7. The molecule has 1 saturated carbocycles. The maximum atomic E-state index is 13.8. The molecular formula is C25H27N7O. The molecule has 0 aliphatic heterocycles. The third-order valence-corrected chi connectivity index (χ3v) is 6.71. The summed E-state index contributed by atoms with van der Waals surface area (Å²) in [6, 6.07) is 14.3. The van der Waals surface area contributed by atoms with Crippen molar-refractivity contribution >= 4 is 16.9 Å². The Hall–Kier alpha value is -3.68. The molecule has 5 aromatic rings. The normalized spacial score (nSPS) is 14.7. The Morgan fingerprint density at radius 1 is 0.939 bits per heavy atom. The second-order valence-electron chi connectivity index (χ2n) is 8.84. The smallest absolute Gasteiger partial charge is 0.281 e. The van der Waals surface area contributed by atoms with Crippen molar-refractivity contribution in [2.45, 2.75) is 58.2 Å². The van der Waals surface area contributed by atoms with E-state index < -0.39 is 0 Å². The molecule has 8 heteroatoms. The predicted octanol–water partition coefficient (Wildman–Crippen LogP) is 3.82. The molecule has 168 valence electrons. The van der Waals surface area contributed by atoms with Crippen LogP contribution in [0.4, 0.5) is 0 Å². The molecule has 0 atom stereocenters. The highest BCUT2D eigenvalue weighted by molar-refractivity contribution is 5.74. The maximum Gasteiger partial charge on any atom is 0.281 e. The van der Waals surface area contributed by atoms with Gasteiger partial charge in [0.05, 0.1) is 6.54 Å². The summed E-state index contributed by atoms with van der Waals surface area (Å²) in [4.78, 5) is 23.6. The molecule has 0 bridgehead atoms. The molecular weight excluding hydrogens is 414 g/mol. The van der Waals surface area contributed by atoms with Crippen LogP contribution in [0.2, 0.25) is 0 Å². The van der Waals surface area contributed by atoms with Crippen molar-refractivity contribution in [3.63, 3.8) is 0 Å². The number of hydrogen-bond donors (Lipinski definition) is 0. The lowest BCUT2D eigenvalue weighted by atomic mass is 10.1. The van der Waals surface area contributed by atoms with E-state index >= 15 is 0 Å². The first-order valence-electron chi connectivity index (χ1n) is 11.8. The Morgan fingerprint density at radius 2 is 1.70 bits per heavy atom. The second kappa shape index (κ2) is 8.03. The molecule has 0 N–H and O–H groups in total. The van der Waals surface area contributed by atoms with Crippen LogP contribution in [0.1, 0.15) is 55.7 Å². The fourth-order valence-electron chi connectivity index (χ4n) is 5.11. The molecule has 0 unspecified atom stereocenters. The van der Waals surface area contributed by atoms with Crippen LogP contribution < -0.4 is 5.56 Å². The van der Waals surface area contributed by atoms with E-state index in [1.165, 1.54) is 12.8 Å². The van der Waals surface area contributed by atoms with Gasteiger partial charge in [0.15, 0.2) is 17.0 Å². The van der Waals surface area contributed by atoms with Crippen LogP contribution in [0.25, 0.3) is 16.9 Å². The van der Waals surface area contributed by atoms with Gasteiger partial charge in [0.2, 0.25) is 5.78 Å². The van der Waals surface area contributed by atoms with Gasteiger partial charge in [0.1, 0.15) is 5.82 Å². The fraction of sp³-hybridized carbons (Fsp3) is 0.360. The first-order chi connectivity index (χ1) is 16.2. The van der Waals surface area contributed by atoms with Gasteiger partial charge in [-0.15, -0.1) is 5.10 Å². The summed E-state index contributed by atoms with van der Waals surface area (Å²) >= 11 is 0. The summed E-state index contributed by atoms with van der Waals surface area (Å²) in [5.41, 5.74) is 2.34. The van der Waals surface area contributed by atoms with Gasteiger partial charge in [0, 0.05) is 31.4 Å². The van der Waals surface area contributed by atoms with E-state index in [1.807, 2.05) is 54.2 Å². The first kappa shape index (κ1) is 20.0. The summed E-state index contributed by atoms with van der Waals surface area (Å²) in [6.45, 7) is 3.67. The third-order valence-electron chi connectivity index (χ3n) is 6.71. The van der Waals surface area contributed by atoms with Gasteiger partial charge in [-0.2, -0.15) is 9.50 Å². The zero-order valence-electron chi connectivity index (χ0n) is 18.8. The Kier molecular flexibility index (Phi) is 4.86. The van der Waals surface area contributed by atoms with E-state index in [-0.39, 0.29) is 5.56 Å². The standard InChI is InChI=1S/C25H27N7O/c1-2-30-24(33)21-23(32-25(30)26-20(28-32)17-29-14-8-9-15-29)27-22(19-12-6-7-13-19)31(21)16-18-10-4-3-5-11-18/h3-5,8-11,14-15,19H,2,6-7,12-13,16-17H2,1H3. The highest BCUT2D eigenvalue weighted by Crippen LogP contribution is 2.35. The molecule has 0 saturated heterocycles. The van der Waals surface area contributed by atoms with E-state index in [2.05, 4.69) is 16.7 Å². The van der Waals surface area contributed by atoms with Crippen LogP contribution >= 0.6 is 0 Å². The Labute approximate surface area is 191 Å². The van der Waals surface area contributed by atoms with Gasteiger partial charge < -0.3 is 9.13 Å². The largest absolute Gasteiger partial charge is 0.347 e. The second-order valence-corrected chi connectivity index (χ2v) is 8.84. The molecule has 8 nitrogen and oxygen atoms in total. The van der Waals surface area contributed by atoms with Crippen molar-refractivity contribution < 1.29 is 0 Å². The minimum absolute atomic E-state index is 0.0485. The Balaban J connectivity index is 1.60. The van der Waals surface area contributed by atoms with Gasteiger partial charge in [-0.25, -0.2) is 4.98 Å². The van der Waals surface area contributed by atoms with E-state index in [0.717, 1.165) is 24.2 Å². The monoisotopic (exact) mass is 441 g/mol. The van der Waals surface area contributed by atoms with Crippen LogP contribution in [0.3, 0.4) is 0 Å². The Morgan fingerprint density at radius 3 is 2.42 bits per heavy atom. The van der Waals surface area contributed by atoms with Crippen molar-refractivity contribution in [3.05, 3.63) is 82.4 Å². The molecule has 6 rings (SSSR count). The van der Waals surface area contributed by atoms with E-state index in [4.69, 9.17) is 15.1 Å². The third kappa shape index (κ3) is 3.37. The molecule has 0 amide bonds. The number of aromatic nitrogens is 7. The summed E-state index contributed by atoms with van der Waals surface area (Å²) in [7, 11) is 0. The van der Waals surface area contributed by atoms with E-state index in [1.54, 1.807) is 9.08 Å². The van der Waals surface area contributed by atoms with Crippen molar-refractivity contribution in [2.75, 3.05) is 0 Å². The van der Waals surface area contributed by atoms with E-state index in [0.29, 0.717) is 48.3 Å². The molecule has 1 aliphatic rings. The number of rotatable bonds is 6. The maximum absolute atomic E-state index is 13.8. The van der Waals surface area contributed by atoms with Crippen molar-refractivity contribution in [3.8, 4) is 0 Å². The molecule has 4 heterocycles. The molecule has 33 heavy (non-hydrogen) atoms. The lowest BCUT2D eigenvalue weighted by Crippen LogP contribution is -2.25. The van der Waals surface area contributed by atoms with Gasteiger partial charge in [-0.05, 0) is 37.5 Å². The molecule has 0 radical (unpaired) electrons. The van der Waals surface area contributed by atoms with Crippen molar-refractivity contribution in [1.82, 2.24) is 33.3 Å². The molecule has 1 aromatic carbocycles. The van der Waals surface area contributed by atoms with Gasteiger partial charge in [-0.3, -0.25) is 9.36 Å². The van der Waals surface area contributed by atoms with Crippen LogP contribution in [0, 0.1) is 0 Å². The lowest BCUT2D eigenvalue weighted by Gasteiger charge is -2.13. The minimum Gasteiger partial charge on any atom is -0.347 e. The highest BCUT2D eigenvalue weighted by atomic mass is 16.1. The Bertz CT molecular complexity index is 1470. The fourth-order valence-corrected chi connectivity index (χ4v) is 5.11. The topological polar surface area (TPSA) is 74.9 Å². The molecule has 1 aliphatic carbocycles. The van der Waals surface area contributed by atoms with Crippen LogP contribution in [0.15, 0.2) is 59.7 Å². The van der Waals surface area contributed by atoms with Gasteiger partial charge >= 0.3 is 0 Å². The summed E-state index contributed by atoms with van der Waals surface area (Å²) in [5.74, 6) is 2.59. The van der Waals surface area contributed by atoms with E-state index in [9.17, 15) is 4.79 Å². The summed E-state index contributed by atoms with van der Waals surface area (Å²) in [5, 5.41) is 4.80. The molecule has 4 aromatic heterocycles. The summed E-state index contributed by atoms with van der Waals surface area (Å²) < 4.78 is 7.66. The highest BCUT2D eigenvalue weighted by Gasteiger charge is 2.28. The predicted molar refractivity (Wildman–Crippen MR) is 126 cm³/mol. The average molecular weight is 442 g/mol. The van der Waals surface area contributed by atoms with Crippen LogP contribution in [-0.4, -0.2) is 33.3 Å². The van der Waals surface area contributed by atoms with Crippen LogP contribution in [0.5, 0.6) is 0 Å². The lowest BCUT2D eigenvalue weighted by molar-refractivity contribution is 0.616. The van der Waals surface area contributed by atoms with Gasteiger partial charge in [0.25, 0.3) is 5.56 Å². The number of aryl methyl sites for hydroxylation is 1. The number of benzene rings is 1. The van der Waals surface area contributed by atoms with Crippen molar-refractivity contribution in [1.29, 1.82) is 0 Å². The number of fused-ring (bicyclic) bond motifs is 3. The number of hydrogen-bond acceptors (Lipinski definition) is 4. The summed E-state index contributed by atoms with van der Waals surface area (Å²) in [6.07, 6.45) is 8.61. The first-order valence-corrected chi connectivity index (χ1v) is 11.8. The zero-order valence-corrected chi connectivity index (χ0v) is 18.8. The number of imidazole rings is 1. The SMILES string of the molecule is CCn1c(=O)c2c(nc(C3CCCC3)n2Cc2ccccc2)n2nc(Cn3cccc3)nc12. The molecule has 1 fully saturated rings. The average Bonchev–Trinajstić information content (AvgIpc) is 3.62. The molecule has 0 spiro atoms. The van der Waals surface area contributed by atoms with Crippen LogP contribution in [-0.2, 0) is 19.6 Å². The minimum atomic E-state index is -0.0485. The van der Waals surface area contributed by atoms with Gasteiger partial charge in [-0.1, -0.05) is 43.2 Å². The zero-order chi connectivity index (χ0) is 22.4. The quantitative estimate of drug-likeness (QED) is 0.402. The van der Waals surface area contributed by atoms with Crippen molar-refractivity contribution in [2.24, 2.45) is 0 Å².